The molecule has 4 atom stereocenters. The Balaban J connectivity index is 1.87. The van der Waals surface area contributed by atoms with Crippen molar-refractivity contribution in [1.82, 2.24) is 4.90 Å². The number of hydrogen-bond donors (Lipinski definition) is 0. The molecule has 0 aromatic heterocycles. The number of methoxy groups -OCH3 is 1. The van der Waals surface area contributed by atoms with Gasteiger partial charge in [-0.2, -0.15) is 0 Å². The summed E-state index contributed by atoms with van der Waals surface area (Å²) in [7, 11) is 1.45. The van der Waals surface area contributed by atoms with Gasteiger partial charge in [-0.25, -0.2) is 4.79 Å². The van der Waals surface area contributed by atoms with Gasteiger partial charge in [-0.1, -0.05) is 12.2 Å². The molecule has 12 heavy (non-hydrogen) atoms. The van der Waals surface area contributed by atoms with Crippen LogP contribution in [0.15, 0.2) is 12.2 Å². The SMILES string of the molecule is COC(=O)N1[C@@H]2C=C[C@@H]2[C@@H]2C[C@@H]21. The number of hydrogen-bond acceptors (Lipinski definition) is 2. The highest BCUT2D eigenvalue weighted by Gasteiger charge is 2.61. The molecule has 0 radical (unpaired) electrons. The van der Waals surface area contributed by atoms with Gasteiger partial charge in [0.2, 0.25) is 0 Å². The molecule has 0 bridgehead atoms. The normalized spacial score (nSPS) is 46.2. The van der Waals surface area contributed by atoms with Crippen LogP contribution in [-0.4, -0.2) is 30.2 Å². The Bertz CT molecular complexity index is 274. The Morgan fingerprint density at radius 1 is 1.58 bits per heavy atom. The molecule has 1 amide bonds. The van der Waals surface area contributed by atoms with Crippen molar-refractivity contribution in [1.29, 1.82) is 0 Å². The summed E-state index contributed by atoms with van der Waals surface area (Å²) in [5, 5.41) is 0. The van der Waals surface area contributed by atoms with Crippen LogP contribution >= 0.6 is 0 Å². The van der Waals surface area contributed by atoms with Gasteiger partial charge in [0, 0.05) is 12.0 Å². The van der Waals surface area contributed by atoms with Crippen molar-refractivity contribution in [2.24, 2.45) is 11.8 Å². The van der Waals surface area contributed by atoms with Gasteiger partial charge >= 0.3 is 6.09 Å². The molecule has 2 fully saturated rings. The van der Waals surface area contributed by atoms with E-state index in [1.165, 1.54) is 13.5 Å². The number of likely N-dealkylation sites (tertiary alicyclic amines) is 1. The third-order valence-corrected chi connectivity index (χ3v) is 3.29. The Labute approximate surface area is 71.0 Å². The molecule has 1 aliphatic heterocycles. The molecule has 2 aliphatic carbocycles. The first-order valence-corrected chi connectivity index (χ1v) is 4.37. The van der Waals surface area contributed by atoms with E-state index < -0.39 is 0 Å². The average Bonchev–Trinajstić information content (AvgIpc) is 2.72. The van der Waals surface area contributed by atoms with Crippen LogP contribution in [0.5, 0.6) is 0 Å². The minimum atomic E-state index is -0.153. The summed E-state index contributed by atoms with van der Waals surface area (Å²) < 4.78 is 4.74. The number of amides is 1. The largest absolute Gasteiger partial charge is 0.453 e. The molecule has 0 aromatic carbocycles. The van der Waals surface area contributed by atoms with Crippen molar-refractivity contribution >= 4 is 6.09 Å². The highest BCUT2D eigenvalue weighted by atomic mass is 16.5. The lowest BCUT2D eigenvalue weighted by atomic mass is 9.87. The van der Waals surface area contributed by atoms with E-state index in [-0.39, 0.29) is 6.09 Å². The van der Waals surface area contributed by atoms with Gasteiger partial charge in [0.25, 0.3) is 0 Å². The topological polar surface area (TPSA) is 29.5 Å². The second-order valence-corrected chi connectivity index (χ2v) is 3.80. The molecule has 0 aromatic rings. The van der Waals surface area contributed by atoms with Crippen molar-refractivity contribution in [3.8, 4) is 0 Å². The van der Waals surface area contributed by atoms with Crippen molar-refractivity contribution < 1.29 is 9.53 Å². The molecular formula is C9H11NO2. The first kappa shape index (κ1) is 6.52. The molecule has 3 aliphatic rings. The van der Waals surface area contributed by atoms with Gasteiger partial charge in [-0.05, 0) is 12.3 Å². The van der Waals surface area contributed by atoms with Gasteiger partial charge in [0.15, 0.2) is 0 Å². The number of carbonyl (C=O) groups is 1. The van der Waals surface area contributed by atoms with Crippen LogP contribution < -0.4 is 0 Å². The van der Waals surface area contributed by atoms with Gasteiger partial charge in [0.05, 0.1) is 13.2 Å². The van der Waals surface area contributed by atoms with Crippen LogP contribution in [0.3, 0.4) is 0 Å². The molecular weight excluding hydrogens is 154 g/mol. The molecule has 3 nitrogen and oxygen atoms in total. The monoisotopic (exact) mass is 165 g/mol. The zero-order chi connectivity index (χ0) is 8.29. The van der Waals surface area contributed by atoms with Crippen LogP contribution in [-0.2, 0) is 4.74 Å². The molecule has 0 unspecified atom stereocenters. The van der Waals surface area contributed by atoms with E-state index in [0.29, 0.717) is 18.0 Å². The van der Waals surface area contributed by atoms with E-state index in [2.05, 4.69) is 12.2 Å². The summed E-state index contributed by atoms with van der Waals surface area (Å²) in [6.07, 6.45) is 5.35. The van der Waals surface area contributed by atoms with Crippen LogP contribution in [0.2, 0.25) is 0 Å². The molecule has 64 valence electrons. The maximum Gasteiger partial charge on any atom is 0.410 e. The van der Waals surface area contributed by atoms with Crippen LogP contribution in [0.4, 0.5) is 4.79 Å². The second-order valence-electron chi connectivity index (χ2n) is 3.80. The Morgan fingerprint density at radius 3 is 2.92 bits per heavy atom. The standard InChI is InChI=1S/C9H11NO2/c1-12-9(11)10-7-3-2-5(7)6-4-8(6)10/h2-3,5-8H,4H2,1H3/t5-,6+,7-,8+/m1/s1. The maximum atomic E-state index is 11.3. The summed E-state index contributed by atoms with van der Waals surface area (Å²) in [6, 6.07) is 0.851. The van der Waals surface area contributed by atoms with Crippen LogP contribution in [0.25, 0.3) is 0 Å². The highest BCUT2D eigenvalue weighted by Crippen LogP contribution is 2.56. The van der Waals surface area contributed by atoms with Gasteiger partial charge in [0.1, 0.15) is 0 Å². The zero-order valence-electron chi connectivity index (χ0n) is 6.93. The van der Waals surface area contributed by atoms with Crippen LogP contribution in [0.1, 0.15) is 6.42 Å². The van der Waals surface area contributed by atoms with Gasteiger partial charge < -0.3 is 4.74 Å². The minimum absolute atomic E-state index is 0.153. The third-order valence-electron chi connectivity index (χ3n) is 3.29. The molecule has 1 saturated carbocycles. The fourth-order valence-corrected chi connectivity index (χ4v) is 2.53. The van der Waals surface area contributed by atoms with Crippen LogP contribution in [0, 0.1) is 11.8 Å². The Morgan fingerprint density at radius 2 is 2.42 bits per heavy atom. The minimum Gasteiger partial charge on any atom is -0.453 e. The first-order chi connectivity index (χ1) is 5.83. The summed E-state index contributed by atoms with van der Waals surface area (Å²) in [5.41, 5.74) is 0. The highest BCUT2D eigenvalue weighted by molar-refractivity contribution is 5.71. The van der Waals surface area contributed by atoms with E-state index in [4.69, 9.17) is 4.74 Å². The van der Waals surface area contributed by atoms with E-state index >= 15 is 0 Å². The third kappa shape index (κ3) is 0.564. The number of ether oxygens (including phenoxy) is 1. The van der Waals surface area contributed by atoms with Crippen molar-refractivity contribution in [2.75, 3.05) is 7.11 Å². The molecule has 0 N–H and O–H groups in total. The summed E-state index contributed by atoms with van der Waals surface area (Å²) >= 11 is 0. The zero-order valence-corrected chi connectivity index (χ0v) is 6.93. The fraction of sp³-hybridized carbons (Fsp3) is 0.667. The number of carbonyl (C=O) groups excluding carboxylic acids is 1. The van der Waals surface area contributed by atoms with E-state index in [9.17, 15) is 4.79 Å². The van der Waals surface area contributed by atoms with E-state index in [0.717, 1.165) is 5.92 Å². The van der Waals surface area contributed by atoms with Gasteiger partial charge in [-0.3, -0.25) is 4.90 Å². The number of fused-ring (bicyclic) bond motifs is 3. The smallest absolute Gasteiger partial charge is 0.410 e. The Hall–Kier alpha value is -0.990. The molecule has 1 saturated heterocycles. The summed E-state index contributed by atoms with van der Waals surface area (Å²) in [4.78, 5) is 13.2. The lowest BCUT2D eigenvalue weighted by Gasteiger charge is -2.32. The molecule has 3 rings (SSSR count). The number of piperidine rings is 1. The lowest BCUT2D eigenvalue weighted by molar-refractivity contribution is 0.112. The number of rotatable bonds is 0. The van der Waals surface area contributed by atoms with E-state index in [1.54, 1.807) is 0 Å². The summed E-state index contributed by atoms with van der Waals surface area (Å²) in [5.74, 6) is 1.40. The first-order valence-electron chi connectivity index (χ1n) is 4.37. The van der Waals surface area contributed by atoms with Crippen molar-refractivity contribution in [3.63, 3.8) is 0 Å². The molecule has 1 heterocycles. The van der Waals surface area contributed by atoms with E-state index in [1.807, 2.05) is 4.90 Å². The predicted molar refractivity (Wildman–Crippen MR) is 42.6 cm³/mol. The molecule has 0 spiro atoms. The summed E-state index contributed by atoms with van der Waals surface area (Å²) in [6.45, 7) is 0. The van der Waals surface area contributed by atoms with Crippen molar-refractivity contribution in [3.05, 3.63) is 12.2 Å². The maximum absolute atomic E-state index is 11.3. The quantitative estimate of drug-likeness (QED) is 0.501. The average molecular weight is 165 g/mol. The lowest BCUT2D eigenvalue weighted by Crippen LogP contribution is -2.42. The molecule has 3 heteroatoms. The fourth-order valence-electron chi connectivity index (χ4n) is 2.53. The predicted octanol–water partition coefficient (Wildman–Crippen LogP) is 1.01. The number of nitrogens with zero attached hydrogens (tertiary/aromatic N) is 1. The second kappa shape index (κ2) is 1.84. The van der Waals surface area contributed by atoms with Gasteiger partial charge in [-0.15, -0.1) is 0 Å². The van der Waals surface area contributed by atoms with Crippen molar-refractivity contribution in [2.45, 2.75) is 18.5 Å². The Kier molecular flexibility index (Phi) is 1.000.